The third-order valence-corrected chi connectivity index (χ3v) is 4.13. The van der Waals surface area contributed by atoms with E-state index in [9.17, 15) is 0 Å². The van der Waals surface area contributed by atoms with E-state index in [1.165, 1.54) is 9.77 Å². The van der Waals surface area contributed by atoms with Gasteiger partial charge in [0.05, 0.1) is 11.6 Å². The van der Waals surface area contributed by atoms with Crippen molar-refractivity contribution < 1.29 is 0 Å². The number of nitrogens with zero attached hydrogens (tertiary/aromatic N) is 1. The van der Waals surface area contributed by atoms with Crippen LogP contribution in [0.2, 0.25) is 0 Å². The minimum Gasteiger partial charge on any atom is -0.192 e. The fourth-order valence-electron chi connectivity index (χ4n) is 1.35. The minimum atomic E-state index is 0.725. The van der Waals surface area contributed by atoms with Crippen molar-refractivity contribution in [2.24, 2.45) is 0 Å². The van der Waals surface area contributed by atoms with Crippen LogP contribution in [0.5, 0.6) is 0 Å². The number of hydrogen-bond acceptors (Lipinski definition) is 3. The molecule has 0 amide bonds. The summed E-state index contributed by atoms with van der Waals surface area (Å²) in [4.78, 5) is 2.66. The molecule has 80 valence electrons. The zero-order chi connectivity index (χ0) is 11.2. The summed E-state index contributed by atoms with van der Waals surface area (Å²) in [5.41, 5.74) is 0.725. The van der Waals surface area contributed by atoms with Gasteiger partial charge in [0.25, 0.3) is 0 Å². The SMILES string of the molecule is N#Cc1ccc(SCCc2cccs2)cc1. The summed E-state index contributed by atoms with van der Waals surface area (Å²) in [5.74, 6) is 1.09. The van der Waals surface area contributed by atoms with Gasteiger partial charge in [-0.25, -0.2) is 0 Å². The molecule has 1 heterocycles. The van der Waals surface area contributed by atoms with Gasteiger partial charge in [-0.3, -0.25) is 0 Å². The average molecular weight is 245 g/mol. The van der Waals surface area contributed by atoms with Gasteiger partial charge < -0.3 is 0 Å². The average Bonchev–Trinajstić information content (AvgIpc) is 2.83. The molecule has 0 spiro atoms. The Bertz CT molecular complexity index is 466. The van der Waals surface area contributed by atoms with E-state index in [1.54, 1.807) is 0 Å². The number of rotatable bonds is 4. The van der Waals surface area contributed by atoms with E-state index in [4.69, 9.17) is 5.26 Å². The van der Waals surface area contributed by atoms with Crippen LogP contribution in [-0.4, -0.2) is 5.75 Å². The minimum absolute atomic E-state index is 0.725. The van der Waals surface area contributed by atoms with Crippen molar-refractivity contribution in [3.05, 3.63) is 52.2 Å². The summed E-state index contributed by atoms with van der Waals surface area (Å²) >= 11 is 3.64. The maximum Gasteiger partial charge on any atom is 0.0991 e. The predicted molar refractivity (Wildman–Crippen MR) is 69.9 cm³/mol. The second-order valence-corrected chi connectivity index (χ2v) is 5.51. The van der Waals surface area contributed by atoms with Gasteiger partial charge in [0.1, 0.15) is 0 Å². The topological polar surface area (TPSA) is 23.8 Å². The van der Waals surface area contributed by atoms with Crippen molar-refractivity contribution >= 4 is 23.1 Å². The normalized spacial score (nSPS) is 9.94. The Morgan fingerprint density at radius 1 is 1.19 bits per heavy atom. The molecule has 0 fully saturated rings. The van der Waals surface area contributed by atoms with Crippen LogP contribution in [0.3, 0.4) is 0 Å². The lowest BCUT2D eigenvalue weighted by atomic mass is 10.2. The van der Waals surface area contributed by atoms with Gasteiger partial charge in [-0.05, 0) is 42.1 Å². The van der Waals surface area contributed by atoms with Crippen LogP contribution in [0.1, 0.15) is 10.4 Å². The quantitative estimate of drug-likeness (QED) is 0.761. The zero-order valence-electron chi connectivity index (χ0n) is 8.72. The van der Waals surface area contributed by atoms with E-state index >= 15 is 0 Å². The first kappa shape index (κ1) is 11.3. The lowest BCUT2D eigenvalue weighted by Gasteiger charge is -2.00. The number of thiophene rings is 1. The van der Waals surface area contributed by atoms with Crippen molar-refractivity contribution in [1.82, 2.24) is 0 Å². The summed E-state index contributed by atoms with van der Waals surface area (Å²) in [5, 5.41) is 10.8. The summed E-state index contributed by atoms with van der Waals surface area (Å²) in [6, 6.07) is 14.1. The molecule has 2 rings (SSSR count). The van der Waals surface area contributed by atoms with Crippen LogP contribution in [0.25, 0.3) is 0 Å². The molecule has 2 aromatic rings. The van der Waals surface area contributed by atoms with E-state index in [0.29, 0.717) is 0 Å². The Balaban J connectivity index is 1.83. The van der Waals surface area contributed by atoms with E-state index in [-0.39, 0.29) is 0 Å². The molecule has 0 unspecified atom stereocenters. The molecule has 1 aromatic heterocycles. The molecule has 0 aliphatic carbocycles. The lowest BCUT2D eigenvalue weighted by molar-refractivity contribution is 1.20. The van der Waals surface area contributed by atoms with Crippen LogP contribution in [0.4, 0.5) is 0 Å². The summed E-state index contributed by atoms with van der Waals surface area (Å²) < 4.78 is 0. The highest BCUT2D eigenvalue weighted by molar-refractivity contribution is 7.99. The van der Waals surface area contributed by atoms with Crippen molar-refractivity contribution in [3.63, 3.8) is 0 Å². The molecular weight excluding hydrogens is 234 g/mol. The monoisotopic (exact) mass is 245 g/mol. The maximum absolute atomic E-state index is 8.67. The van der Waals surface area contributed by atoms with Gasteiger partial charge in [0.15, 0.2) is 0 Å². The number of aryl methyl sites for hydroxylation is 1. The molecule has 0 atom stereocenters. The van der Waals surface area contributed by atoms with Gasteiger partial charge in [-0.2, -0.15) is 5.26 Å². The maximum atomic E-state index is 8.67. The molecule has 1 nitrogen and oxygen atoms in total. The second kappa shape index (κ2) is 5.74. The van der Waals surface area contributed by atoms with Crippen LogP contribution < -0.4 is 0 Å². The molecule has 0 radical (unpaired) electrons. The fourth-order valence-corrected chi connectivity index (χ4v) is 3.07. The second-order valence-electron chi connectivity index (χ2n) is 3.31. The van der Waals surface area contributed by atoms with Crippen LogP contribution in [0, 0.1) is 11.3 Å². The Morgan fingerprint density at radius 3 is 2.62 bits per heavy atom. The van der Waals surface area contributed by atoms with Crippen LogP contribution >= 0.6 is 23.1 Å². The first-order valence-electron chi connectivity index (χ1n) is 5.04. The molecule has 0 saturated carbocycles. The molecular formula is C13H11NS2. The highest BCUT2D eigenvalue weighted by Gasteiger charge is 1.97. The van der Waals surface area contributed by atoms with Gasteiger partial charge in [0, 0.05) is 15.5 Å². The lowest BCUT2D eigenvalue weighted by Crippen LogP contribution is -1.84. The Labute approximate surface area is 104 Å². The number of thioether (sulfide) groups is 1. The van der Waals surface area contributed by atoms with Crippen molar-refractivity contribution in [2.75, 3.05) is 5.75 Å². The zero-order valence-corrected chi connectivity index (χ0v) is 10.4. The van der Waals surface area contributed by atoms with Crippen LogP contribution in [-0.2, 0) is 6.42 Å². The Kier molecular flexibility index (Phi) is 4.03. The molecule has 0 N–H and O–H groups in total. The first-order chi connectivity index (χ1) is 7.88. The number of hydrogen-bond donors (Lipinski definition) is 0. The molecule has 16 heavy (non-hydrogen) atoms. The van der Waals surface area contributed by atoms with E-state index < -0.39 is 0 Å². The third-order valence-electron chi connectivity index (χ3n) is 2.18. The summed E-state index contributed by atoms with van der Waals surface area (Å²) in [6.45, 7) is 0. The van der Waals surface area contributed by atoms with Gasteiger partial charge in [0.2, 0.25) is 0 Å². The molecule has 1 aromatic carbocycles. The van der Waals surface area contributed by atoms with Crippen molar-refractivity contribution in [1.29, 1.82) is 5.26 Å². The standard InChI is InChI=1S/C13H11NS2/c14-10-11-3-5-13(6-4-11)16-9-7-12-2-1-8-15-12/h1-6,8H,7,9H2. The van der Waals surface area contributed by atoms with Crippen LogP contribution in [0.15, 0.2) is 46.7 Å². The molecule has 0 aliphatic rings. The smallest absolute Gasteiger partial charge is 0.0991 e. The van der Waals surface area contributed by atoms with Crippen molar-refractivity contribution in [3.8, 4) is 6.07 Å². The van der Waals surface area contributed by atoms with Gasteiger partial charge in [-0.1, -0.05) is 6.07 Å². The number of benzene rings is 1. The highest BCUT2D eigenvalue weighted by atomic mass is 32.2. The predicted octanol–water partition coefficient (Wildman–Crippen LogP) is 3.95. The number of nitriles is 1. The van der Waals surface area contributed by atoms with Gasteiger partial charge in [-0.15, -0.1) is 23.1 Å². The fraction of sp³-hybridized carbons (Fsp3) is 0.154. The van der Waals surface area contributed by atoms with E-state index in [0.717, 1.165) is 17.7 Å². The Morgan fingerprint density at radius 2 is 2.00 bits per heavy atom. The van der Waals surface area contributed by atoms with Gasteiger partial charge >= 0.3 is 0 Å². The van der Waals surface area contributed by atoms with Crippen molar-refractivity contribution in [2.45, 2.75) is 11.3 Å². The third kappa shape index (κ3) is 3.13. The molecule has 0 bridgehead atoms. The summed E-state index contributed by atoms with van der Waals surface area (Å²) in [7, 11) is 0. The van der Waals surface area contributed by atoms with E-state index in [2.05, 4.69) is 23.6 Å². The molecule has 0 saturated heterocycles. The van der Waals surface area contributed by atoms with E-state index in [1.807, 2.05) is 47.4 Å². The highest BCUT2D eigenvalue weighted by Crippen LogP contribution is 2.20. The molecule has 3 heteroatoms. The summed E-state index contributed by atoms with van der Waals surface area (Å²) in [6.07, 6.45) is 1.11. The molecule has 0 aliphatic heterocycles. The Hall–Kier alpha value is -1.24. The largest absolute Gasteiger partial charge is 0.192 e. The first-order valence-corrected chi connectivity index (χ1v) is 6.90.